The Kier molecular flexibility index (Phi) is 4.33. The van der Waals surface area contributed by atoms with E-state index in [1.165, 1.54) is 25.7 Å². The number of nitrogens with zero attached hydrogens (tertiary/aromatic N) is 2. The summed E-state index contributed by atoms with van der Waals surface area (Å²) in [7, 11) is 1.30. The van der Waals surface area contributed by atoms with E-state index in [1.54, 1.807) is 13.8 Å². The van der Waals surface area contributed by atoms with Gasteiger partial charge in [-0.1, -0.05) is 16.9 Å². The lowest BCUT2D eigenvalue weighted by Gasteiger charge is -2.30. The van der Waals surface area contributed by atoms with Gasteiger partial charge in [0.05, 0.1) is 11.3 Å². The highest BCUT2D eigenvalue weighted by atomic mass is 32.2. The zero-order valence-corrected chi connectivity index (χ0v) is 11.5. The molecule has 7 nitrogen and oxygen atoms in total. The topological polar surface area (TPSA) is 88.1 Å². The Morgan fingerprint density at radius 3 is 2.61 bits per heavy atom. The lowest BCUT2D eigenvalue weighted by Crippen LogP contribution is -2.53. The maximum absolute atomic E-state index is 11.4. The van der Waals surface area contributed by atoms with Gasteiger partial charge in [-0.3, -0.25) is 14.4 Å². The molecule has 3 amide bonds. The molecule has 0 radical (unpaired) electrons. The van der Waals surface area contributed by atoms with E-state index in [0.717, 1.165) is 4.90 Å². The molecule has 0 spiro atoms. The zero-order valence-electron chi connectivity index (χ0n) is 10.6. The van der Waals surface area contributed by atoms with E-state index < -0.39 is 17.5 Å². The summed E-state index contributed by atoms with van der Waals surface area (Å²) < 4.78 is 0. The fourth-order valence-corrected chi connectivity index (χ4v) is 2.01. The van der Waals surface area contributed by atoms with Gasteiger partial charge in [-0.05, 0) is 13.8 Å². The predicted molar refractivity (Wildman–Crippen MR) is 67.0 cm³/mol. The van der Waals surface area contributed by atoms with Crippen molar-refractivity contribution in [2.45, 2.75) is 26.3 Å². The van der Waals surface area contributed by atoms with Crippen LogP contribution in [0, 0.1) is 0 Å². The van der Waals surface area contributed by atoms with Crippen molar-refractivity contribution >= 4 is 34.7 Å². The van der Waals surface area contributed by atoms with Crippen LogP contribution in [0.2, 0.25) is 0 Å². The molecule has 0 bridgehead atoms. The van der Waals surface area contributed by atoms with Crippen molar-refractivity contribution in [3.63, 3.8) is 0 Å². The minimum atomic E-state index is -0.858. The standard InChI is InChI=1S/C10H15N3O4S/c1-6(14)13(4)9(16)17-12-8-10(2,3)11-7(15)5-18-8/h5H2,1-4H3,(H,11,15). The van der Waals surface area contributed by atoms with Crippen molar-refractivity contribution in [3.05, 3.63) is 0 Å². The molecule has 1 aliphatic rings. The largest absolute Gasteiger partial charge is 0.442 e. The van der Waals surface area contributed by atoms with Gasteiger partial charge in [-0.2, -0.15) is 0 Å². The molecule has 0 aliphatic carbocycles. The van der Waals surface area contributed by atoms with Crippen molar-refractivity contribution in [1.82, 2.24) is 10.2 Å². The summed E-state index contributed by atoms with van der Waals surface area (Å²) in [4.78, 5) is 39.0. The summed E-state index contributed by atoms with van der Waals surface area (Å²) in [5.41, 5.74) is -0.685. The summed E-state index contributed by atoms with van der Waals surface area (Å²) in [5, 5.41) is 6.89. The van der Waals surface area contributed by atoms with Crippen LogP contribution < -0.4 is 5.32 Å². The van der Waals surface area contributed by atoms with Gasteiger partial charge < -0.3 is 5.32 Å². The number of amides is 3. The van der Waals surface area contributed by atoms with Crippen LogP contribution in [0.25, 0.3) is 0 Å². The number of hydrogen-bond donors (Lipinski definition) is 1. The third kappa shape index (κ3) is 3.46. The molecule has 1 aliphatic heterocycles. The summed E-state index contributed by atoms with van der Waals surface area (Å²) in [6, 6.07) is 0. The summed E-state index contributed by atoms with van der Waals surface area (Å²) in [6.07, 6.45) is -0.858. The van der Waals surface area contributed by atoms with Gasteiger partial charge in [0.1, 0.15) is 5.04 Å². The van der Waals surface area contributed by atoms with Gasteiger partial charge in [0.25, 0.3) is 0 Å². The van der Waals surface area contributed by atoms with Gasteiger partial charge in [0, 0.05) is 14.0 Å². The van der Waals surface area contributed by atoms with Crippen LogP contribution in [0.4, 0.5) is 4.79 Å². The molecule has 0 atom stereocenters. The fraction of sp³-hybridized carbons (Fsp3) is 0.600. The first kappa shape index (κ1) is 14.5. The molecule has 1 fully saturated rings. The highest BCUT2D eigenvalue weighted by Crippen LogP contribution is 2.22. The Labute approximate surface area is 109 Å². The highest BCUT2D eigenvalue weighted by Gasteiger charge is 2.33. The minimum Gasteiger partial charge on any atom is -0.344 e. The van der Waals surface area contributed by atoms with E-state index in [9.17, 15) is 14.4 Å². The number of hydrogen-bond acceptors (Lipinski definition) is 6. The van der Waals surface area contributed by atoms with Gasteiger partial charge in [0.2, 0.25) is 11.8 Å². The van der Waals surface area contributed by atoms with Gasteiger partial charge in [0.15, 0.2) is 0 Å². The highest BCUT2D eigenvalue weighted by molar-refractivity contribution is 8.14. The molecule has 0 unspecified atom stereocenters. The molecule has 1 heterocycles. The van der Waals surface area contributed by atoms with Crippen molar-refractivity contribution in [1.29, 1.82) is 0 Å². The number of imide groups is 1. The smallest absolute Gasteiger partial charge is 0.344 e. The predicted octanol–water partition coefficient (Wildman–Crippen LogP) is 0.556. The van der Waals surface area contributed by atoms with Crippen LogP contribution in [0.15, 0.2) is 5.16 Å². The molecule has 1 rings (SSSR count). The molecule has 0 aromatic carbocycles. The van der Waals surface area contributed by atoms with Crippen LogP contribution in [0.3, 0.4) is 0 Å². The normalized spacial score (nSPS) is 20.2. The lowest BCUT2D eigenvalue weighted by atomic mass is 10.1. The SMILES string of the molecule is CC(=O)N(C)C(=O)ON=C1SCC(=O)NC1(C)C. The Bertz CT molecular complexity index is 419. The zero-order chi connectivity index (χ0) is 13.9. The molecule has 0 aromatic rings. The van der Waals surface area contributed by atoms with E-state index in [4.69, 9.17) is 0 Å². The Morgan fingerprint density at radius 2 is 2.11 bits per heavy atom. The maximum Gasteiger partial charge on any atom is 0.442 e. The summed E-state index contributed by atoms with van der Waals surface area (Å²) >= 11 is 1.20. The van der Waals surface area contributed by atoms with E-state index in [0.29, 0.717) is 5.04 Å². The number of nitrogens with one attached hydrogen (secondary N) is 1. The van der Waals surface area contributed by atoms with Crippen molar-refractivity contribution in [2.75, 3.05) is 12.8 Å². The van der Waals surface area contributed by atoms with Gasteiger partial charge >= 0.3 is 6.09 Å². The molecular formula is C10H15N3O4S. The number of carbonyl (C=O) groups excluding carboxylic acids is 3. The molecule has 0 aromatic heterocycles. The van der Waals surface area contributed by atoms with E-state index in [-0.39, 0.29) is 11.7 Å². The second-order valence-corrected chi connectivity index (χ2v) is 5.26. The van der Waals surface area contributed by atoms with Crippen LogP contribution in [0.5, 0.6) is 0 Å². The van der Waals surface area contributed by atoms with Crippen LogP contribution in [-0.4, -0.2) is 46.2 Å². The van der Waals surface area contributed by atoms with E-state index >= 15 is 0 Å². The average molecular weight is 273 g/mol. The lowest BCUT2D eigenvalue weighted by molar-refractivity contribution is -0.126. The Hall–Kier alpha value is -1.57. The first-order valence-electron chi connectivity index (χ1n) is 5.21. The Morgan fingerprint density at radius 1 is 1.50 bits per heavy atom. The minimum absolute atomic E-state index is 0.101. The second-order valence-electron chi connectivity index (χ2n) is 4.29. The van der Waals surface area contributed by atoms with Crippen molar-refractivity contribution in [2.24, 2.45) is 5.16 Å². The monoisotopic (exact) mass is 273 g/mol. The van der Waals surface area contributed by atoms with Crippen LogP contribution >= 0.6 is 11.8 Å². The summed E-state index contributed by atoms with van der Waals surface area (Å²) in [6.45, 7) is 4.74. The molecule has 8 heteroatoms. The van der Waals surface area contributed by atoms with Crippen LogP contribution in [-0.2, 0) is 14.4 Å². The molecule has 1 N–H and O–H groups in total. The molecule has 100 valence electrons. The Balaban J connectivity index is 2.70. The number of carbonyl (C=O) groups is 3. The van der Waals surface area contributed by atoms with Crippen molar-refractivity contribution < 1.29 is 19.2 Å². The van der Waals surface area contributed by atoms with Gasteiger partial charge in [-0.25, -0.2) is 9.69 Å². The first-order valence-corrected chi connectivity index (χ1v) is 6.20. The fourth-order valence-electron chi connectivity index (χ4n) is 1.16. The molecule has 1 saturated heterocycles. The molecule has 0 saturated carbocycles. The maximum atomic E-state index is 11.4. The number of thioether (sulfide) groups is 1. The second kappa shape index (κ2) is 5.38. The first-order chi connectivity index (χ1) is 8.24. The van der Waals surface area contributed by atoms with E-state index in [1.807, 2.05) is 0 Å². The van der Waals surface area contributed by atoms with Gasteiger partial charge in [-0.15, -0.1) is 0 Å². The van der Waals surface area contributed by atoms with Crippen molar-refractivity contribution in [3.8, 4) is 0 Å². The van der Waals surface area contributed by atoms with Crippen LogP contribution in [0.1, 0.15) is 20.8 Å². The number of oxime groups is 1. The summed E-state index contributed by atoms with van der Waals surface area (Å²) in [5.74, 6) is -0.317. The average Bonchev–Trinajstić information content (AvgIpc) is 2.25. The third-order valence-electron chi connectivity index (χ3n) is 2.28. The third-order valence-corrected chi connectivity index (χ3v) is 3.54. The quantitative estimate of drug-likeness (QED) is 0.557. The molecular weight excluding hydrogens is 258 g/mol. The van der Waals surface area contributed by atoms with E-state index in [2.05, 4.69) is 15.3 Å². The molecule has 18 heavy (non-hydrogen) atoms. The number of rotatable bonds is 1.